The highest BCUT2D eigenvalue weighted by molar-refractivity contribution is 14.0. The third kappa shape index (κ3) is 6.00. The number of pyridine rings is 1. The van der Waals surface area contributed by atoms with E-state index in [9.17, 15) is 0 Å². The van der Waals surface area contributed by atoms with Crippen molar-refractivity contribution >= 4 is 52.1 Å². The van der Waals surface area contributed by atoms with Gasteiger partial charge in [-0.2, -0.15) is 0 Å². The summed E-state index contributed by atoms with van der Waals surface area (Å²) in [5, 5.41) is 7.08. The number of aromatic nitrogens is 1. The minimum atomic E-state index is 0. The monoisotopic (exact) mass is 540 g/mol. The molecule has 0 aliphatic carbocycles. The lowest BCUT2D eigenvalue weighted by molar-refractivity contribution is 0.373. The van der Waals surface area contributed by atoms with E-state index >= 15 is 0 Å². The Kier molecular flexibility index (Phi) is 9.05. The van der Waals surface area contributed by atoms with Crippen LogP contribution in [0.1, 0.15) is 31.2 Å². The van der Waals surface area contributed by atoms with Gasteiger partial charge in [-0.1, -0.05) is 12.8 Å². The average Bonchev–Trinajstić information content (AvgIpc) is 3.17. The fourth-order valence-electron chi connectivity index (χ4n) is 4.15. The molecule has 4 heterocycles. The number of guanidine groups is 1. The van der Waals surface area contributed by atoms with Crippen LogP contribution in [-0.4, -0.2) is 62.2 Å². The fraction of sp³-hybridized carbons (Fsp3) is 0.545. The number of rotatable bonds is 4. The Morgan fingerprint density at radius 3 is 2.47 bits per heavy atom. The van der Waals surface area contributed by atoms with E-state index in [4.69, 9.17) is 0 Å². The van der Waals surface area contributed by atoms with E-state index < -0.39 is 0 Å². The molecule has 0 amide bonds. The lowest BCUT2D eigenvalue weighted by Gasteiger charge is -2.37. The van der Waals surface area contributed by atoms with Crippen LogP contribution < -0.4 is 15.1 Å². The van der Waals surface area contributed by atoms with Crippen LogP contribution in [0.2, 0.25) is 0 Å². The highest BCUT2D eigenvalue weighted by atomic mass is 127. The van der Waals surface area contributed by atoms with E-state index in [1.807, 2.05) is 24.6 Å². The third-order valence-electron chi connectivity index (χ3n) is 5.80. The second kappa shape index (κ2) is 11.7. The number of anilines is 2. The van der Waals surface area contributed by atoms with E-state index in [1.54, 1.807) is 0 Å². The molecule has 164 valence electrons. The van der Waals surface area contributed by atoms with Crippen molar-refractivity contribution in [2.24, 2.45) is 4.99 Å². The molecule has 0 atom stereocenters. The number of hydrogen-bond acceptors (Lipinski definition) is 5. The summed E-state index contributed by atoms with van der Waals surface area (Å²) in [4.78, 5) is 16.4. The molecule has 2 saturated heterocycles. The van der Waals surface area contributed by atoms with Crippen molar-refractivity contribution in [2.75, 3.05) is 56.1 Å². The molecule has 2 aromatic rings. The van der Waals surface area contributed by atoms with Crippen molar-refractivity contribution in [1.29, 1.82) is 0 Å². The Morgan fingerprint density at radius 2 is 1.80 bits per heavy atom. The second-order valence-electron chi connectivity index (χ2n) is 7.75. The van der Waals surface area contributed by atoms with Crippen LogP contribution in [-0.2, 0) is 6.54 Å². The molecule has 2 aliphatic rings. The van der Waals surface area contributed by atoms with E-state index in [1.165, 1.54) is 36.2 Å². The summed E-state index contributed by atoms with van der Waals surface area (Å²) in [6.07, 6.45) is 7.17. The van der Waals surface area contributed by atoms with Crippen LogP contribution in [0.15, 0.2) is 40.8 Å². The van der Waals surface area contributed by atoms with Gasteiger partial charge in [0.25, 0.3) is 0 Å². The molecule has 0 bridgehead atoms. The SMILES string of the molecule is CN=C(NCc1ccnc(N2CCCCCC2)c1)N1CCN(c2cccs2)CC1.I. The van der Waals surface area contributed by atoms with Crippen molar-refractivity contribution in [3.05, 3.63) is 41.4 Å². The first kappa shape index (κ1) is 23.1. The zero-order valence-electron chi connectivity index (χ0n) is 17.8. The molecular weight excluding hydrogens is 507 g/mol. The maximum atomic E-state index is 4.63. The number of aliphatic imine (C=N–C) groups is 1. The summed E-state index contributed by atoms with van der Waals surface area (Å²) >= 11 is 1.82. The molecule has 0 radical (unpaired) electrons. The Morgan fingerprint density at radius 1 is 1.03 bits per heavy atom. The highest BCUT2D eigenvalue weighted by Crippen LogP contribution is 2.22. The Bertz CT molecular complexity index is 781. The van der Waals surface area contributed by atoms with Crippen LogP contribution >= 0.6 is 35.3 Å². The van der Waals surface area contributed by atoms with Gasteiger partial charge in [-0.15, -0.1) is 35.3 Å². The van der Waals surface area contributed by atoms with E-state index in [0.29, 0.717) is 0 Å². The summed E-state index contributed by atoms with van der Waals surface area (Å²) in [6, 6.07) is 8.68. The molecular formula is C22H33IN6S. The smallest absolute Gasteiger partial charge is 0.194 e. The maximum Gasteiger partial charge on any atom is 0.194 e. The molecule has 8 heteroatoms. The van der Waals surface area contributed by atoms with Gasteiger partial charge in [0.2, 0.25) is 0 Å². The first-order valence-electron chi connectivity index (χ1n) is 10.8. The minimum Gasteiger partial charge on any atom is -0.360 e. The molecule has 6 nitrogen and oxygen atoms in total. The fourth-order valence-corrected chi connectivity index (χ4v) is 4.93. The van der Waals surface area contributed by atoms with Crippen LogP contribution in [0.4, 0.5) is 10.8 Å². The van der Waals surface area contributed by atoms with Crippen molar-refractivity contribution in [1.82, 2.24) is 15.2 Å². The number of nitrogens with one attached hydrogen (secondary N) is 1. The highest BCUT2D eigenvalue weighted by Gasteiger charge is 2.20. The van der Waals surface area contributed by atoms with Gasteiger partial charge in [0.15, 0.2) is 5.96 Å². The third-order valence-corrected chi connectivity index (χ3v) is 6.73. The number of halogens is 1. The number of hydrogen-bond donors (Lipinski definition) is 1. The van der Waals surface area contributed by atoms with Crippen LogP contribution in [0.25, 0.3) is 0 Å². The summed E-state index contributed by atoms with van der Waals surface area (Å²) in [7, 11) is 1.88. The predicted octanol–water partition coefficient (Wildman–Crippen LogP) is 4.04. The largest absolute Gasteiger partial charge is 0.360 e. The Balaban J connectivity index is 0.00000256. The Labute approximate surface area is 201 Å². The van der Waals surface area contributed by atoms with Crippen molar-refractivity contribution in [3.63, 3.8) is 0 Å². The predicted molar refractivity (Wildman–Crippen MR) is 139 cm³/mol. The number of piperazine rings is 1. The van der Waals surface area contributed by atoms with E-state index in [-0.39, 0.29) is 24.0 Å². The molecule has 30 heavy (non-hydrogen) atoms. The van der Waals surface area contributed by atoms with Crippen LogP contribution in [0, 0.1) is 0 Å². The lowest BCUT2D eigenvalue weighted by Crippen LogP contribution is -2.52. The lowest BCUT2D eigenvalue weighted by atomic mass is 10.2. The standard InChI is InChI=1S/C22H32N6S.HI/c1-23-22(28-14-12-27(13-15-28)21-7-6-16-29-21)25-18-19-8-9-24-20(17-19)26-10-4-2-3-5-11-26;/h6-9,16-17H,2-5,10-15,18H2,1H3,(H,23,25);1H. The first-order valence-corrected chi connectivity index (χ1v) is 11.7. The van der Waals surface area contributed by atoms with Gasteiger partial charge in [-0.3, -0.25) is 4.99 Å². The van der Waals surface area contributed by atoms with Crippen molar-refractivity contribution in [2.45, 2.75) is 32.2 Å². The molecule has 0 unspecified atom stereocenters. The number of thiophene rings is 1. The molecule has 4 rings (SSSR count). The summed E-state index contributed by atoms with van der Waals surface area (Å²) in [5.74, 6) is 2.11. The molecule has 2 fully saturated rings. The molecule has 1 N–H and O–H groups in total. The zero-order chi connectivity index (χ0) is 19.9. The normalized spacial score (nSPS) is 18.0. The molecule has 0 aromatic carbocycles. The maximum absolute atomic E-state index is 4.63. The Hall–Kier alpha value is -1.55. The van der Waals surface area contributed by atoms with E-state index in [0.717, 1.165) is 57.6 Å². The second-order valence-corrected chi connectivity index (χ2v) is 8.68. The van der Waals surface area contributed by atoms with Crippen molar-refractivity contribution < 1.29 is 0 Å². The van der Waals surface area contributed by atoms with Gasteiger partial charge < -0.3 is 20.0 Å². The summed E-state index contributed by atoms with van der Waals surface area (Å²) in [5.41, 5.74) is 1.26. The van der Waals surface area contributed by atoms with Gasteiger partial charge >= 0.3 is 0 Å². The van der Waals surface area contributed by atoms with Gasteiger partial charge in [-0.25, -0.2) is 4.98 Å². The van der Waals surface area contributed by atoms with E-state index in [2.05, 4.69) is 59.6 Å². The minimum absolute atomic E-state index is 0. The zero-order valence-corrected chi connectivity index (χ0v) is 20.9. The molecule has 0 saturated carbocycles. The summed E-state index contributed by atoms with van der Waals surface area (Å²) in [6.45, 7) is 7.09. The topological polar surface area (TPSA) is 47.0 Å². The summed E-state index contributed by atoms with van der Waals surface area (Å²) < 4.78 is 0. The van der Waals surface area contributed by atoms with Crippen LogP contribution in [0.5, 0.6) is 0 Å². The van der Waals surface area contributed by atoms with Gasteiger partial charge in [0.05, 0.1) is 5.00 Å². The quantitative estimate of drug-likeness (QED) is 0.361. The number of nitrogens with zero attached hydrogens (tertiary/aromatic N) is 5. The first-order chi connectivity index (χ1) is 14.3. The van der Waals surface area contributed by atoms with Crippen LogP contribution in [0.3, 0.4) is 0 Å². The van der Waals surface area contributed by atoms with Crippen molar-refractivity contribution in [3.8, 4) is 0 Å². The molecule has 0 spiro atoms. The van der Waals surface area contributed by atoms with Gasteiger partial charge in [0.1, 0.15) is 5.82 Å². The molecule has 2 aliphatic heterocycles. The average molecular weight is 541 g/mol. The molecule has 2 aromatic heterocycles. The van der Waals surface area contributed by atoms with Gasteiger partial charge in [-0.05, 0) is 48.1 Å². The van der Waals surface area contributed by atoms with Gasteiger partial charge in [0, 0.05) is 59.1 Å².